The van der Waals surface area contributed by atoms with Gasteiger partial charge in [-0.2, -0.15) is 0 Å². The van der Waals surface area contributed by atoms with Crippen LogP contribution in [-0.4, -0.2) is 18.2 Å². The molecule has 1 aromatic heterocycles. The van der Waals surface area contributed by atoms with Crippen LogP contribution < -0.4 is 5.73 Å². The van der Waals surface area contributed by atoms with Crippen LogP contribution in [0.5, 0.6) is 0 Å². The van der Waals surface area contributed by atoms with Gasteiger partial charge < -0.3 is 14.9 Å². The zero-order valence-electron chi connectivity index (χ0n) is 12.0. The summed E-state index contributed by atoms with van der Waals surface area (Å²) in [6.07, 6.45) is 3.49. The van der Waals surface area contributed by atoms with Crippen LogP contribution >= 0.6 is 0 Å². The molecule has 1 fully saturated rings. The maximum absolute atomic E-state index is 14.0. The van der Waals surface area contributed by atoms with Gasteiger partial charge in [-0.3, -0.25) is 0 Å². The van der Waals surface area contributed by atoms with E-state index in [4.69, 9.17) is 14.9 Å². The van der Waals surface area contributed by atoms with Crippen LogP contribution in [0.4, 0.5) is 4.39 Å². The molecule has 1 aliphatic heterocycles. The van der Waals surface area contributed by atoms with Crippen molar-refractivity contribution in [2.45, 2.75) is 31.7 Å². The number of ether oxygens (including phenoxy) is 1. The summed E-state index contributed by atoms with van der Waals surface area (Å²) < 4.78 is 25.1. The zero-order valence-corrected chi connectivity index (χ0v) is 12.0. The maximum Gasteiger partial charge on any atom is 0.198 e. The molecule has 3 rings (SSSR count). The second kappa shape index (κ2) is 5.95. The number of nitrogens with two attached hydrogens (primary N) is 1. The Balaban J connectivity index is 1.84. The van der Waals surface area contributed by atoms with E-state index in [0.717, 1.165) is 26.1 Å². The number of hydrogen-bond acceptors (Lipinski definition) is 4. The lowest BCUT2D eigenvalue weighted by Crippen LogP contribution is -2.14. The van der Waals surface area contributed by atoms with E-state index in [2.05, 4.69) is 4.98 Å². The van der Waals surface area contributed by atoms with Crippen molar-refractivity contribution in [2.24, 2.45) is 5.73 Å². The molecule has 21 heavy (non-hydrogen) atoms. The van der Waals surface area contributed by atoms with Crippen molar-refractivity contribution in [1.82, 2.24) is 4.98 Å². The van der Waals surface area contributed by atoms with Gasteiger partial charge in [-0.05, 0) is 25.8 Å². The van der Waals surface area contributed by atoms with E-state index in [1.807, 2.05) is 6.07 Å². The number of benzene rings is 1. The van der Waals surface area contributed by atoms with Crippen LogP contribution in [0, 0.1) is 5.82 Å². The van der Waals surface area contributed by atoms with Gasteiger partial charge in [0.25, 0.3) is 0 Å². The average Bonchev–Trinajstić information content (AvgIpc) is 2.97. The molecule has 1 aliphatic rings. The summed E-state index contributed by atoms with van der Waals surface area (Å²) in [4.78, 5) is 4.33. The molecule has 1 unspecified atom stereocenters. The summed E-state index contributed by atoms with van der Waals surface area (Å²) in [5.74, 6) is 1.28. The highest BCUT2D eigenvalue weighted by atomic mass is 19.1. The Hall–Kier alpha value is -1.72. The van der Waals surface area contributed by atoms with E-state index in [1.165, 1.54) is 6.07 Å². The predicted molar refractivity (Wildman–Crippen MR) is 77.3 cm³/mol. The first-order valence-corrected chi connectivity index (χ1v) is 7.24. The van der Waals surface area contributed by atoms with Crippen molar-refractivity contribution in [3.63, 3.8) is 0 Å². The van der Waals surface area contributed by atoms with Gasteiger partial charge in [0.1, 0.15) is 5.82 Å². The van der Waals surface area contributed by atoms with Crippen molar-refractivity contribution < 1.29 is 13.5 Å². The molecule has 1 saturated heterocycles. The Kier molecular flexibility index (Phi) is 4.03. The second-order valence-corrected chi connectivity index (χ2v) is 5.47. The molecule has 0 radical (unpaired) electrons. The zero-order chi connectivity index (χ0) is 14.8. The summed E-state index contributed by atoms with van der Waals surface area (Å²) in [6, 6.07) is 4.64. The molecule has 0 spiro atoms. The van der Waals surface area contributed by atoms with Crippen molar-refractivity contribution >= 4 is 0 Å². The molecule has 4 nitrogen and oxygen atoms in total. The minimum Gasteiger partial charge on any atom is -0.440 e. The van der Waals surface area contributed by atoms with E-state index >= 15 is 0 Å². The number of rotatable bonds is 3. The van der Waals surface area contributed by atoms with E-state index in [-0.39, 0.29) is 11.9 Å². The lowest BCUT2D eigenvalue weighted by atomic mass is 10.0. The van der Waals surface area contributed by atoms with Crippen LogP contribution in [0.1, 0.15) is 43.2 Å². The standard InChI is InChI=1S/C16H19FN2O2/c1-10(18)13-3-2-12(8-14(13)17)15-9-19-16(21-15)11-4-6-20-7-5-11/h2-3,8-11H,4-7,18H2,1H3. The van der Waals surface area contributed by atoms with Gasteiger partial charge in [-0.1, -0.05) is 12.1 Å². The monoisotopic (exact) mass is 290 g/mol. The molecule has 0 bridgehead atoms. The first-order chi connectivity index (χ1) is 10.1. The molecule has 2 aromatic rings. The number of aromatic nitrogens is 1. The largest absolute Gasteiger partial charge is 0.440 e. The quantitative estimate of drug-likeness (QED) is 0.941. The van der Waals surface area contributed by atoms with Crippen LogP contribution in [0.25, 0.3) is 11.3 Å². The van der Waals surface area contributed by atoms with Crippen LogP contribution in [-0.2, 0) is 4.74 Å². The Morgan fingerprint density at radius 2 is 2.10 bits per heavy atom. The van der Waals surface area contributed by atoms with E-state index in [0.29, 0.717) is 28.7 Å². The van der Waals surface area contributed by atoms with Gasteiger partial charge in [-0.15, -0.1) is 0 Å². The Morgan fingerprint density at radius 1 is 1.33 bits per heavy atom. The first kappa shape index (κ1) is 14.2. The predicted octanol–water partition coefficient (Wildman–Crippen LogP) is 3.39. The normalized spacial score (nSPS) is 17.9. The highest BCUT2D eigenvalue weighted by molar-refractivity contribution is 5.57. The third-order valence-corrected chi connectivity index (χ3v) is 3.87. The smallest absolute Gasteiger partial charge is 0.198 e. The SMILES string of the molecule is CC(N)c1ccc(-c2cnc(C3CCOCC3)o2)cc1F. The fourth-order valence-electron chi connectivity index (χ4n) is 2.60. The highest BCUT2D eigenvalue weighted by Crippen LogP contribution is 2.30. The van der Waals surface area contributed by atoms with E-state index in [9.17, 15) is 4.39 Å². The molecular weight excluding hydrogens is 271 g/mol. The van der Waals surface area contributed by atoms with Crippen molar-refractivity contribution in [3.8, 4) is 11.3 Å². The lowest BCUT2D eigenvalue weighted by molar-refractivity contribution is 0.0796. The first-order valence-electron chi connectivity index (χ1n) is 7.24. The Labute approximate surface area is 123 Å². The Morgan fingerprint density at radius 3 is 2.76 bits per heavy atom. The molecule has 0 amide bonds. The topological polar surface area (TPSA) is 61.3 Å². The van der Waals surface area contributed by atoms with Crippen LogP contribution in [0.15, 0.2) is 28.8 Å². The summed E-state index contributed by atoms with van der Waals surface area (Å²) in [5, 5.41) is 0. The second-order valence-electron chi connectivity index (χ2n) is 5.47. The number of oxazole rings is 1. The minimum atomic E-state index is -0.327. The van der Waals surface area contributed by atoms with Crippen molar-refractivity contribution in [1.29, 1.82) is 0 Å². The van der Waals surface area contributed by atoms with Gasteiger partial charge in [-0.25, -0.2) is 9.37 Å². The van der Waals surface area contributed by atoms with Gasteiger partial charge in [0.05, 0.1) is 6.20 Å². The summed E-state index contributed by atoms with van der Waals surface area (Å²) in [6.45, 7) is 3.23. The lowest BCUT2D eigenvalue weighted by Gasteiger charge is -2.18. The third-order valence-electron chi connectivity index (χ3n) is 3.87. The molecule has 1 aromatic carbocycles. The van der Waals surface area contributed by atoms with Gasteiger partial charge >= 0.3 is 0 Å². The summed E-state index contributed by atoms with van der Waals surface area (Å²) >= 11 is 0. The molecule has 0 aliphatic carbocycles. The fraction of sp³-hybridized carbons (Fsp3) is 0.438. The summed E-state index contributed by atoms with van der Waals surface area (Å²) in [7, 11) is 0. The fourth-order valence-corrected chi connectivity index (χ4v) is 2.60. The molecule has 1 atom stereocenters. The van der Waals surface area contributed by atoms with Gasteiger partial charge in [0.2, 0.25) is 0 Å². The number of halogens is 1. The third kappa shape index (κ3) is 2.99. The molecular formula is C16H19FN2O2. The van der Waals surface area contributed by atoms with Crippen molar-refractivity contribution in [3.05, 3.63) is 41.7 Å². The summed E-state index contributed by atoms with van der Waals surface area (Å²) in [5.41, 5.74) is 6.90. The average molecular weight is 290 g/mol. The highest BCUT2D eigenvalue weighted by Gasteiger charge is 2.21. The van der Waals surface area contributed by atoms with Crippen LogP contribution in [0.2, 0.25) is 0 Å². The molecule has 0 saturated carbocycles. The van der Waals surface area contributed by atoms with Gasteiger partial charge in [0, 0.05) is 36.3 Å². The number of nitrogens with zero attached hydrogens (tertiary/aromatic N) is 1. The molecule has 5 heteroatoms. The maximum atomic E-state index is 14.0. The Bertz CT molecular complexity index is 618. The number of hydrogen-bond donors (Lipinski definition) is 1. The van der Waals surface area contributed by atoms with Gasteiger partial charge in [0.15, 0.2) is 11.7 Å². The molecule has 112 valence electrons. The minimum absolute atomic E-state index is 0.292. The van der Waals surface area contributed by atoms with Crippen LogP contribution in [0.3, 0.4) is 0 Å². The molecule has 2 heterocycles. The van der Waals surface area contributed by atoms with E-state index in [1.54, 1.807) is 19.2 Å². The van der Waals surface area contributed by atoms with E-state index < -0.39 is 0 Å². The molecule has 2 N–H and O–H groups in total. The van der Waals surface area contributed by atoms with Crippen molar-refractivity contribution in [2.75, 3.05) is 13.2 Å².